The van der Waals surface area contributed by atoms with Gasteiger partial charge in [0.1, 0.15) is 11.2 Å². The van der Waals surface area contributed by atoms with Crippen LogP contribution in [0.2, 0.25) is 0 Å². The zero-order valence-electron chi connectivity index (χ0n) is 27.3. The van der Waals surface area contributed by atoms with Crippen LogP contribution in [0.1, 0.15) is 0 Å². The monoisotopic (exact) mass is 637 g/mol. The van der Waals surface area contributed by atoms with Crippen LogP contribution in [0.5, 0.6) is 0 Å². The second-order valence-corrected chi connectivity index (χ2v) is 12.9. The molecule has 0 saturated heterocycles. The maximum atomic E-state index is 6.65. The molecule has 0 bridgehead atoms. The van der Waals surface area contributed by atoms with Crippen molar-refractivity contribution in [2.75, 3.05) is 4.90 Å². The van der Waals surface area contributed by atoms with E-state index >= 15 is 0 Å². The topological polar surface area (TPSA) is 16.4 Å². The normalized spacial score (nSPS) is 11.6. The van der Waals surface area contributed by atoms with Crippen molar-refractivity contribution in [1.29, 1.82) is 0 Å². The van der Waals surface area contributed by atoms with E-state index in [1.54, 1.807) is 0 Å². The maximum Gasteiger partial charge on any atom is 0.143 e. The minimum Gasteiger partial charge on any atom is -0.455 e. The lowest BCUT2D eigenvalue weighted by molar-refractivity contribution is 0.672. The molecule has 0 aliphatic rings. The van der Waals surface area contributed by atoms with Crippen LogP contribution in [-0.2, 0) is 0 Å². The van der Waals surface area contributed by atoms with Crippen LogP contribution in [0.3, 0.4) is 0 Å². The fourth-order valence-corrected chi connectivity index (χ4v) is 7.57. The van der Waals surface area contributed by atoms with E-state index in [1.807, 2.05) is 0 Å². The Hall–Kier alpha value is -6.64. The lowest BCUT2D eigenvalue weighted by Crippen LogP contribution is -2.10. The molecule has 0 atom stereocenters. The maximum absolute atomic E-state index is 6.65. The van der Waals surface area contributed by atoms with Gasteiger partial charge >= 0.3 is 0 Å². The van der Waals surface area contributed by atoms with Crippen LogP contribution in [0.15, 0.2) is 192 Å². The van der Waals surface area contributed by atoms with Gasteiger partial charge in [-0.15, -0.1) is 0 Å². The van der Waals surface area contributed by atoms with E-state index < -0.39 is 0 Å². The second-order valence-electron chi connectivity index (χ2n) is 12.9. The molecule has 0 amide bonds. The smallest absolute Gasteiger partial charge is 0.143 e. The number of hydrogen-bond acceptors (Lipinski definition) is 2. The summed E-state index contributed by atoms with van der Waals surface area (Å²) in [5.74, 6) is 0. The molecule has 0 fully saturated rings. The number of furan rings is 1. The van der Waals surface area contributed by atoms with Crippen molar-refractivity contribution in [1.82, 2.24) is 0 Å². The Labute approximate surface area is 290 Å². The van der Waals surface area contributed by atoms with Crippen LogP contribution in [0.4, 0.5) is 17.1 Å². The molecule has 0 aliphatic heterocycles. The first-order chi connectivity index (χ1) is 24.8. The third kappa shape index (κ3) is 4.65. The van der Waals surface area contributed by atoms with Crippen LogP contribution in [0, 0.1) is 0 Å². The first-order valence-electron chi connectivity index (χ1n) is 17.1. The average molecular weight is 638 g/mol. The third-order valence-corrected chi connectivity index (χ3v) is 10.0. The molecule has 9 aromatic carbocycles. The number of rotatable bonds is 5. The summed E-state index contributed by atoms with van der Waals surface area (Å²) >= 11 is 0. The van der Waals surface area contributed by atoms with Crippen LogP contribution >= 0.6 is 0 Å². The lowest BCUT2D eigenvalue weighted by Gasteiger charge is -2.27. The molecular weight excluding hydrogens is 607 g/mol. The fourth-order valence-electron chi connectivity index (χ4n) is 7.57. The van der Waals surface area contributed by atoms with Crippen molar-refractivity contribution >= 4 is 71.3 Å². The highest BCUT2D eigenvalue weighted by atomic mass is 16.3. The third-order valence-electron chi connectivity index (χ3n) is 10.0. The summed E-state index contributed by atoms with van der Waals surface area (Å²) in [6.07, 6.45) is 0. The molecule has 234 valence electrons. The Morgan fingerprint density at radius 1 is 0.320 bits per heavy atom. The van der Waals surface area contributed by atoms with Gasteiger partial charge in [0.15, 0.2) is 0 Å². The first kappa shape index (κ1) is 28.4. The standard InChI is InChI=1S/C48H31NO/c1-3-11-32(12-4-1)34-21-24-38(25-22-34)49(39-26-27-41-37(29-39)20-19-35-15-7-8-16-40(35)41)46-31-45-44-30-36(33-13-5-2-6-14-33)23-28-47(44)50-48(45)43-18-10-9-17-42(43)46/h1-31H. The SMILES string of the molecule is c1ccc(-c2ccc(N(c3ccc4c(ccc5ccccc54)c3)c3cc4c5cc(-c6ccccc6)ccc5oc4c4ccccc34)cc2)cc1. The van der Waals surface area contributed by atoms with Gasteiger partial charge in [-0.2, -0.15) is 0 Å². The molecule has 0 unspecified atom stereocenters. The summed E-state index contributed by atoms with van der Waals surface area (Å²) in [7, 11) is 0. The van der Waals surface area contributed by atoms with E-state index in [0.717, 1.165) is 49.8 Å². The quantitative estimate of drug-likeness (QED) is 0.175. The molecule has 0 radical (unpaired) electrons. The summed E-state index contributed by atoms with van der Waals surface area (Å²) in [6, 6.07) is 67.5. The Bertz CT molecular complexity index is 2850. The largest absolute Gasteiger partial charge is 0.455 e. The van der Waals surface area contributed by atoms with Gasteiger partial charge in [0.05, 0.1) is 5.69 Å². The van der Waals surface area contributed by atoms with Crippen LogP contribution in [0.25, 0.3) is 76.5 Å². The Balaban J connectivity index is 1.23. The van der Waals surface area contributed by atoms with Gasteiger partial charge in [-0.25, -0.2) is 0 Å². The molecule has 0 spiro atoms. The summed E-state index contributed by atoms with van der Waals surface area (Å²) in [4.78, 5) is 2.41. The van der Waals surface area contributed by atoms with Crippen molar-refractivity contribution in [2.24, 2.45) is 0 Å². The Morgan fingerprint density at radius 3 is 1.68 bits per heavy atom. The summed E-state index contributed by atoms with van der Waals surface area (Å²) in [5.41, 5.74) is 9.84. The molecule has 10 rings (SSSR count). The zero-order valence-corrected chi connectivity index (χ0v) is 27.3. The molecule has 2 heteroatoms. The van der Waals surface area contributed by atoms with Gasteiger partial charge in [-0.1, -0.05) is 146 Å². The van der Waals surface area contributed by atoms with Gasteiger partial charge in [0, 0.05) is 32.9 Å². The molecule has 0 N–H and O–H groups in total. The molecule has 10 aromatic rings. The van der Waals surface area contributed by atoms with Gasteiger partial charge in [-0.3, -0.25) is 0 Å². The van der Waals surface area contributed by atoms with Gasteiger partial charge < -0.3 is 9.32 Å². The molecule has 1 heterocycles. The van der Waals surface area contributed by atoms with E-state index in [2.05, 4.69) is 193 Å². The van der Waals surface area contributed by atoms with E-state index in [4.69, 9.17) is 4.42 Å². The number of benzene rings is 9. The number of nitrogens with zero attached hydrogens (tertiary/aromatic N) is 1. The van der Waals surface area contributed by atoms with Crippen molar-refractivity contribution in [3.05, 3.63) is 188 Å². The van der Waals surface area contributed by atoms with E-state index in [9.17, 15) is 0 Å². The highest BCUT2D eigenvalue weighted by Gasteiger charge is 2.21. The van der Waals surface area contributed by atoms with Crippen molar-refractivity contribution < 1.29 is 4.42 Å². The first-order valence-corrected chi connectivity index (χ1v) is 17.1. The Kier molecular flexibility index (Phi) is 6.53. The summed E-state index contributed by atoms with van der Waals surface area (Å²) < 4.78 is 6.65. The summed E-state index contributed by atoms with van der Waals surface area (Å²) in [6.45, 7) is 0. The highest BCUT2D eigenvalue weighted by Crippen LogP contribution is 2.46. The van der Waals surface area contributed by atoms with E-state index in [1.165, 1.54) is 43.8 Å². The second kappa shape index (κ2) is 11.5. The van der Waals surface area contributed by atoms with Gasteiger partial charge in [0.25, 0.3) is 0 Å². The van der Waals surface area contributed by atoms with Gasteiger partial charge in [-0.05, 0) is 86.3 Å². The summed E-state index contributed by atoms with van der Waals surface area (Å²) in [5, 5.41) is 9.41. The number of fused-ring (bicyclic) bond motifs is 8. The molecule has 2 nitrogen and oxygen atoms in total. The predicted octanol–water partition coefficient (Wildman–Crippen LogP) is 13.8. The van der Waals surface area contributed by atoms with Gasteiger partial charge in [0.2, 0.25) is 0 Å². The molecule has 0 aliphatic carbocycles. The minimum atomic E-state index is 0.887. The average Bonchev–Trinajstić information content (AvgIpc) is 3.57. The minimum absolute atomic E-state index is 0.887. The van der Waals surface area contributed by atoms with E-state index in [-0.39, 0.29) is 0 Å². The van der Waals surface area contributed by atoms with Crippen molar-refractivity contribution in [2.45, 2.75) is 0 Å². The zero-order chi connectivity index (χ0) is 33.0. The van der Waals surface area contributed by atoms with Crippen molar-refractivity contribution in [3.8, 4) is 22.3 Å². The Morgan fingerprint density at radius 2 is 0.900 bits per heavy atom. The molecular formula is C48H31NO. The highest BCUT2D eigenvalue weighted by molar-refractivity contribution is 6.20. The molecule has 1 aromatic heterocycles. The lowest BCUT2D eigenvalue weighted by atomic mass is 9.98. The van der Waals surface area contributed by atoms with Crippen LogP contribution < -0.4 is 4.90 Å². The number of hydrogen-bond donors (Lipinski definition) is 0. The predicted molar refractivity (Wildman–Crippen MR) is 212 cm³/mol. The molecule has 0 saturated carbocycles. The van der Waals surface area contributed by atoms with Crippen molar-refractivity contribution in [3.63, 3.8) is 0 Å². The fraction of sp³-hybridized carbons (Fsp3) is 0. The number of anilines is 3. The van der Waals surface area contributed by atoms with Crippen LogP contribution in [-0.4, -0.2) is 0 Å². The molecule has 50 heavy (non-hydrogen) atoms. The van der Waals surface area contributed by atoms with E-state index in [0.29, 0.717) is 0 Å².